The van der Waals surface area contributed by atoms with Gasteiger partial charge in [-0.05, 0) is 11.5 Å². The molecular formula is C9H11Si. The van der Waals surface area contributed by atoms with Crippen LogP contribution in [0.4, 0.5) is 0 Å². The topological polar surface area (TPSA) is 0 Å². The molecule has 0 atom stereocenters. The Hall–Kier alpha value is -0.563. The predicted octanol–water partition coefficient (Wildman–Crippen LogP) is 1.60. The molecule has 0 unspecified atom stereocenters. The highest BCUT2D eigenvalue weighted by Gasteiger charge is 1.99. The molecule has 0 amide bonds. The van der Waals surface area contributed by atoms with Crippen LogP contribution in [0.25, 0.3) is 0 Å². The van der Waals surface area contributed by atoms with Crippen LogP contribution in [-0.2, 0) is 0 Å². The summed E-state index contributed by atoms with van der Waals surface area (Å²) in [6, 6.07) is 8.33. The first kappa shape index (κ1) is 7.54. The maximum Gasteiger partial charge on any atom is 0.0715 e. The van der Waals surface area contributed by atoms with Crippen molar-refractivity contribution < 1.29 is 0 Å². The molecule has 1 aromatic carbocycles. The van der Waals surface area contributed by atoms with E-state index in [9.17, 15) is 0 Å². The minimum atomic E-state index is 0.605. The van der Waals surface area contributed by atoms with Crippen molar-refractivity contribution in [2.75, 3.05) is 0 Å². The van der Waals surface area contributed by atoms with Gasteiger partial charge >= 0.3 is 0 Å². The molecule has 0 aliphatic rings. The van der Waals surface area contributed by atoms with Crippen LogP contribution >= 0.6 is 0 Å². The molecule has 0 fully saturated rings. The van der Waals surface area contributed by atoms with Gasteiger partial charge in [0.15, 0.2) is 0 Å². The molecule has 0 aliphatic carbocycles. The lowest BCUT2D eigenvalue weighted by molar-refractivity contribution is 0.873. The van der Waals surface area contributed by atoms with E-state index in [1.165, 1.54) is 10.8 Å². The normalized spacial score (nSPS) is 10.4. The summed E-state index contributed by atoms with van der Waals surface area (Å²) in [5.41, 5.74) is 1.37. The van der Waals surface area contributed by atoms with Gasteiger partial charge in [0.2, 0.25) is 0 Å². The monoisotopic (exact) mass is 147 g/mol. The smallest absolute Gasteiger partial charge is 0.0640 e. The second-order valence-corrected chi connectivity index (χ2v) is 3.28. The fraction of sp³-hybridized carbons (Fsp3) is 0.333. The molecule has 0 saturated heterocycles. The third-order valence-corrected chi connectivity index (χ3v) is 2.04. The second-order valence-electron chi connectivity index (χ2n) is 2.74. The van der Waals surface area contributed by atoms with Crippen molar-refractivity contribution in [3.8, 4) is 0 Å². The van der Waals surface area contributed by atoms with Crippen molar-refractivity contribution in [2.24, 2.45) is 0 Å². The van der Waals surface area contributed by atoms with Crippen molar-refractivity contribution >= 4 is 15.4 Å². The van der Waals surface area contributed by atoms with Gasteiger partial charge in [-0.3, -0.25) is 0 Å². The zero-order chi connectivity index (χ0) is 7.56. The van der Waals surface area contributed by atoms with E-state index >= 15 is 0 Å². The lowest BCUT2D eigenvalue weighted by Crippen LogP contribution is -2.10. The van der Waals surface area contributed by atoms with E-state index < -0.39 is 0 Å². The molecule has 0 heterocycles. The van der Waals surface area contributed by atoms with Crippen molar-refractivity contribution in [1.82, 2.24) is 0 Å². The fourth-order valence-corrected chi connectivity index (χ4v) is 1.47. The fourth-order valence-electron chi connectivity index (χ4n) is 1.00. The predicted molar refractivity (Wildman–Crippen MR) is 45.9 cm³/mol. The molecule has 0 saturated carbocycles. The Bertz CT molecular complexity index is 216. The second kappa shape index (κ2) is 3.02. The third kappa shape index (κ3) is 1.48. The van der Waals surface area contributed by atoms with Gasteiger partial charge in [0, 0.05) is 0 Å². The average Bonchev–Trinajstić information content (AvgIpc) is 1.88. The van der Waals surface area contributed by atoms with Crippen LogP contribution in [0.2, 0.25) is 0 Å². The Labute approximate surface area is 65.7 Å². The molecule has 0 nitrogen and oxygen atoms in total. The van der Waals surface area contributed by atoms with Crippen LogP contribution in [-0.4, -0.2) is 10.2 Å². The van der Waals surface area contributed by atoms with Crippen LogP contribution < -0.4 is 5.19 Å². The van der Waals surface area contributed by atoms with Crippen molar-refractivity contribution in [1.29, 1.82) is 0 Å². The molecule has 0 spiro atoms. The van der Waals surface area contributed by atoms with Crippen LogP contribution in [0.15, 0.2) is 24.3 Å². The maximum absolute atomic E-state index is 3.55. The SMILES string of the molecule is CC(C)c1ccccc1[Si]. The van der Waals surface area contributed by atoms with Crippen molar-refractivity contribution in [3.05, 3.63) is 29.8 Å². The molecule has 0 aromatic heterocycles. The lowest BCUT2D eigenvalue weighted by atomic mass is 10.0. The summed E-state index contributed by atoms with van der Waals surface area (Å²) < 4.78 is 0. The van der Waals surface area contributed by atoms with Crippen molar-refractivity contribution in [2.45, 2.75) is 19.8 Å². The summed E-state index contributed by atoms with van der Waals surface area (Å²) in [5, 5.41) is 1.21. The lowest BCUT2D eigenvalue weighted by Gasteiger charge is -2.07. The molecule has 0 N–H and O–H groups in total. The molecule has 1 rings (SSSR count). The van der Waals surface area contributed by atoms with E-state index in [0.29, 0.717) is 5.92 Å². The highest BCUT2D eigenvalue weighted by Crippen LogP contribution is 2.09. The standard InChI is InChI=1S/C9H11Si/c1-7(2)8-5-3-4-6-9(8)10/h3-7H,1-2H3. The van der Waals surface area contributed by atoms with E-state index in [0.717, 1.165) is 0 Å². The Balaban J connectivity index is 3.03. The van der Waals surface area contributed by atoms with Crippen molar-refractivity contribution in [3.63, 3.8) is 0 Å². The molecule has 0 aliphatic heterocycles. The molecule has 1 aromatic rings. The highest BCUT2D eigenvalue weighted by atomic mass is 28.1. The van der Waals surface area contributed by atoms with Gasteiger partial charge in [-0.1, -0.05) is 43.3 Å². The average molecular weight is 147 g/mol. The van der Waals surface area contributed by atoms with E-state index in [-0.39, 0.29) is 0 Å². The first-order valence-corrected chi connectivity index (χ1v) is 4.02. The van der Waals surface area contributed by atoms with Crippen LogP contribution in [0, 0.1) is 0 Å². The summed E-state index contributed by atoms with van der Waals surface area (Å²) >= 11 is 0. The zero-order valence-corrected chi connectivity index (χ0v) is 7.39. The van der Waals surface area contributed by atoms with E-state index in [1.807, 2.05) is 6.07 Å². The number of rotatable bonds is 1. The van der Waals surface area contributed by atoms with E-state index in [2.05, 4.69) is 42.3 Å². The molecular weight excluding hydrogens is 136 g/mol. The van der Waals surface area contributed by atoms with Gasteiger partial charge in [0.05, 0.1) is 10.2 Å². The Morgan fingerprint density at radius 1 is 1.20 bits per heavy atom. The van der Waals surface area contributed by atoms with Crippen LogP contribution in [0.3, 0.4) is 0 Å². The largest absolute Gasteiger partial charge is 0.0715 e. The molecule has 10 heavy (non-hydrogen) atoms. The quantitative estimate of drug-likeness (QED) is 0.529. The summed E-state index contributed by atoms with van der Waals surface area (Å²) in [5.74, 6) is 0.605. The molecule has 51 valence electrons. The van der Waals surface area contributed by atoms with Crippen LogP contribution in [0.5, 0.6) is 0 Å². The zero-order valence-electron chi connectivity index (χ0n) is 6.39. The van der Waals surface area contributed by atoms with Gasteiger partial charge in [-0.25, -0.2) is 0 Å². The van der Waals surface area contributed by atoms with E-state index in [1.54, 1.807) is 0 Å². The van der Waals surface area contributed by atoms with E-state index in [4.69, 9.17) is 0 Å². The third-order valence-electron chi connectivity index (χ3n) is 1.58. The molecule has 1 heteroatoms. The Morgan fingerprint density at radius 3 is 2.20 bits per heavy atom. The summed E-state index contributed by atoms with van der Waals surface area (Å²) in [4.78, 5) is 0. The molecule has 0 bridgehead atoms. The summed E-state index contributed by atoms with van der Waals surface area (Å²) in [6.07, 6.45) is 0. The number of hydrogen-bond donors (Lipinski definition) is 0. The Morgan fingerprint density at radius 2 is 1.80 bits per heavy atom. The van der Waals surface area contributed by atoms with Gasteiger partial charge in [0.25, 0.3) is 0 Å². The van der Waals surface area contributed by atoms with Gasteiger partial charge in [-0.15, -0.1) is 0 Å². The highest BCUT2D eigenvalue weighted by molar-refractivity contribution is 6.33. The first-order chi connectivity index (χ1) is 4.72. The minimum absolute atomic E-state index is 0.605. The van der Waals surface area contributed by atoms with Gasteiger partial charge < -0.3 is 0 Å². The maximum atomic E-state index is 3.55. The number of benzene rings is 1. The summed E-state index contributed by atoms with van der Waals surface area (Å²) in [6.45, 7) is 4.39. The summed E-state index contributed by atoms with van der Waals surface area (Å²) in [7, 11) is 3.55. The van der Waals surface area contributed by atoms with Crippen LogP contribution in [0.1, 0.15) is 25.3 Å². The molecule has 3 radical (unpaired) electrons. The minimum Gasteiger partial charge on any atom is -0.0640 e. The van der Waals surface area contributed by atoms with Gasteiger partial charge in [-0.2, -0.15) is 0 Å². The first-order valence-electron chi connectivity index (χ1n) is 3.52. The Kier molecular flexibility index (Phi) is 2.28. The number of hydrogen-bond acceptors (Lipinski definition) is 0. The van der Waals surface area contributed by atoms with Gasteiger partial charge in [0.1, 0.15) is 0 Å².